The van der Waals surface area contributed by atoms with Gasteiger partial charge >= 0.3 is 0 Å². The van der Waals surface area contributed by atoms with Crippen molar-refractivity contribution in [3.05, 3.63) is 18.2 Å². The van der Waals surface area contributed by atoms with Crippen molar-refractivity contribution in [2.24, 2.45) is 0 Å². The predicted molar refractivity (Wildman–Crippen MR) is 82.9 cm³/mol. The molecule has 1 saturated heterocycles. The molecule has 7 heteroatoms. The zero-order valence-corrected chi connectivity index (χ0v) is 13.2. The number of ether oxygens (including phenoxy) is 1. The van der Waals surface area contributed by atoms with Gasteiger partial charge in [-0.1, -0.05) is 0 Å². The third-order valence-corrected chi connectivity index (χ3v) is 5.10. The number of rotatable bonds is 7. The number of hydrogen-bond acceptors (Lipinski definition) is 5. The van der Waals surface area contributed by atoms with E-state index in [2.05, 4.69) is 9.62 Å². The number of sulfonamides is 1. The molecule has 0 spiro atoms. The molecular weight excluding hydrogens is 290 g/mol. The highest BCUT2D eigenvalue weighted by Gasteiger charge is 2.19. The number of hydrogen-bond donors (Lipinski definition) is 2. The van der Waals surface area contributed by atoms with Crippen molar-refractivity contribution in [2.75, 3.05) is 39.0 Å². The van der Waals surface area contributed by atoms with Crippen LogP contribution >= 0.6 is 0 Å². The standard InChI is InChI=1S/C14H23N3O3S/c1-20-13-6-5-12(15)11-14(13)21(18,19)16-7-4-10-17-8-2-3-9-17/h5-6,11,16H,2-4,7-10,15H2,1H3. The van der Waals surface area contributed by atoms with Crippen LogP contribution in [0.1, 0.15) is 19.3 Å². The average molecular weight is 313 g/mol. The van der Waals surface area contributed by atoms with Gasteiger partial charge in [-0.2, -0.15) is 0 Å². The molecule has 21 heavy (non-hydrogen) atoms. The molecule has 0 unspecified atom stereocenters. The monoisotopic (exact) mass is 313 g/mol. The molecule has 1 aromatic rings. The maximum absolute atomic E-state index is 12.3. The molecule has 1 aromatic carbocycles. The molecule has 0 radical (unpaired) electrons. The first kappa shape index (κ1) is 16.1. The van der Waals surface area contributed by atoms with Gasteiger partial charge in [0.25, 0.3) is 0 Å². The fourth-order valence-electron chi connectivity index (χ4n) is 2.50. The molecule has 0 amide bonds. The number of nitrogen functional groups attached to an aromatic ring is 1. The molecular formula is C14H23N3O3S. The van der Waals surface area contributed by atoms with E-state index in [1.54, 1.807) is 12.1 Å². The van der Waals surface area contributed by atoms with Crippen LogP contribution in [0.3, 0.4) is 0 Å². The molecule has 3 N–H and O–H groups in total. The minimum absolute atomic E-state index is 0.0890. The van der Waals surface area contributed by atoms with Crippen molar-refractivity contribution in [1.82, 2.24) is 9.62 Å². The summed E-state index contributed by atoms with van der Waals surface area (Å²) < 4.78 is 32.3. The summed E-state index contributed by atoms with van der Waals surface area (Å²) in [5.74, 6) is 0.302. The first-order chi connectivity index (χ1) is 10.0. The Bertz CT molecular complexity index is 569. The van der Waals surface area contributed by atoms with Crippen molar-refractivity contribution in [1.29, 1.82) is 0 Å². The number of nitrogens with one attached hydrogen (secondary N) is 1. The van der Waals surface area contributed by atoms with Crippen molar-refractivity contribution >= 4 is 15.7 Å². The largest absolute Gasteiger partial charge is 0.495 e. The van der Waals surface area contributed by atoms with E-state index < -0.39 is 10.0 Å². The minimum atomic E-state index is -3.59. The van der Waals surface area contributed by atoms with Crippen LogP contribution in [0.2, 0.25) is 0 Å². The molecule has 2 rings (SSSR count). The van der Waals surface area contributed by atoms with Crippen LogP contribution in [0.15, 0.2) is 23.1 Å². The van der Waals surface area contributed by atoms with Gasteiger partial charge < -0.3 is 15.4 Å². The molecule has 1 fully saturated rings. The van der Waals surface area contributed by atoms with Crippen LogP contribution in [0.25, 0.3) is 0 Å². The Labute approximate surface area is 126 Å². The molecule has 0 bridgehead atoms. The molecule has 118 valence electrons. The SMILES string of the molecule is COc1ccc(N)cc1S(=O)(=O)NCCCN1CCCC1. The summed E-state index contributed by atoms with van der Waals surface area (Å²) in [7, 11) is -2.15. The van der Waals surface area contributed by atoms with E-state index in [4.69, 9.17) is 10.5 Å². The third-order valence-electron chi connectivity index (χ3n) is 3.62. The summed E-state index contributed by atoms with van der Waals surface area (Å²) in [5, 5.41) is 0. The highest BCUT2D eigenvalue weighted by molar-refractivity contribution is 7.89. The Hall–Kier alpha value is -1.31. The van der Waals surface area contributed by atoms with Gasteiger partial charge in [-0.3, -0.25) is 0 Å². The number of benzene rings is 1. The van der Waals surface area contributed by atoms with Crippen molar-refractivity contribution in [3.63, 3.8) is 0 Å². The molecule has 1 heterocycles. The zero-order chi connectivity index (χ0) is 15.3. The van der Waals surface area contributed by atoms with Gasteiger partial charge in [-0.25, -0.2) is 13.1 Å². The lowest BCUT2D eigenvalue weighted by Crippen LogP contribution is -2.29. The van der Waals surface area contributed by atoms with Crippen molar-refractivity contribution in [3.8, 4) is 5.75 Å². The molecule has 6 nitrogen and oxygen atoms in total. The molecule has 0 aliphatic carbocycles. The van der Waals surface area contributed by atoms with Gasteiger partial charge in [0, 0.05) is 12.2 Å². The zero-order valence-electron chi connectivity index (χ0n) is 12.3. The van der Waals surface area contributed by atoms with Gasteiger partial charge in [0.15, 0.2) is 0 Å². The Morgan fingerprint density at radius 3 is 2.71 bits per heavy atom. The van der Waals surface area contributed by atoms with Crippen LogP contribution in [0.5, 0.6) is 5.75 Å². The van der Waals surface area contributed by atoms with E-state index in [-0.39, 0.29) is 4.90 Å². The second-order valence-corrected chi connectivity index (χ2v) is 6.95. The van der Waals surface area contributed by atoms with E-state index in [9.17, 15) is 8.42 Å². The van der Waals surface area contributed by atoms with E-state index in [1.165, 1.54) is 26.0 Å². The maximum Gasteiger partial charge on any atom is 0.244 e. The van der Waals surface area contributed by atoms with Crippen molar-refractivity contribution < 1.29 is 13.2 Å². The summed E-state index contributed by atoms with van der Waals surface area (Å²) >= 11 is 0. The maximum atomic E-state index is 12.3. The number of nitrogens with two attached hydrogens (primary N) is 1. The summed E-state index contributed by atoms with van der Waals surface area (Å²) in [6.45, 7) is 3.58. The lowest BCUT2D eigenvalue weighted by atomic mass is 10.3. The predicted octanol–water partition coefficient (Wildman–Crippen LogP) is 1.04. The summed E-state index contributed by atoms with van der Waals surface area (Å²) in [5.41, 5.74) is 6.06. The second kappa shape index (κ2) is 7.11. The Kier molecular flexibility index (Phi) is 5.44. The molecule has 0 saturated carbocycles. The van der Waals surface area contributed by atoms with E-state index >= 15 is 0 Å². The quantitative estimate of drug-likeness (QED) is 0.580. The van der Waals surface area contributed by atoms with Crippen molar-refractivity contribution in [2.45, 2.75) is 24.2 Å². The number of methoxy groups -OCH3 is 1. The molecule has 0 aromatic heterocycles. The molecule has 0 atom stereocenters. The van der Waals surface area contributed by atoms with E-state index in [0.717, 1.165) is 26.1 Å². The van der Waals surface area contributed by atoms with Gasteiger partial charge in [0.1, 0.15) is 10.6 Å². The molecule has 1 aliphatic rings. The minimum Gasteiger partial charge on any atom is -0.495 e. The Morgan fingerprint density at radius 1 is 1.33 bits per heavy atom. The van der Waals surface area contributed by atoms with Crippen LogP contribution in [0.4, 0.5) is 5.69 Å². The smallest absolute Gasteiger partial charge is 0.244 e. The van der Waals surface area contributed by atoms with Gasteiger partial charge in [-0.15, -0.1) is 0 Å². The van der Waals surface area contributed by atoms with E-state index in [1.807, 2.05) is 0 Å². The van der Waals surface area contributed by atoms with Crippen LogP contribution in [0, 0.1) is 0 Å². The Balaban J connectivity index is 1.93. The van der Waals surface area contributed by atoms with Gasteiger partial charge in [0.2, 0.25) is 10.0 Å². The van der Waals surface area contributed by atoms with E-state index in [0.29, 0.717) is 18.0 Å². The van der Waals surface area contributed by atoms with Crippen LogP contribution < -0.4 is 15.2 Å². The highest BCUT2D eigenvalue weighted by atomic mass is 32.2. The number of likely N-dealkylation sites (tertiary alicyclic amines) is 1. The first-order valence-electron chi connectivity index (χ1n) is 7.18. The highest BCUT2D eigenvalue weighted by Crippen LogP contribution is 2.25. The molecule has 1 aliphatic heterocycles. The fraction of sp³-hybridized carbons (Fsp3) is 0.571. The van der Waals surface area contributed by atoms with Gasteiger partial charge in [-0.05, 0) is 57.1 Å². The lowest BCUT2D eigenvalue weighted by Gasteiger charge is -2.15. The lowest BCUT2D eigenvalue weighted by molar-refractivity contribution is 0.334. The van der Waals surface area contributed by atoms with Gasteiger partial charge in [0.05, 0.1) is 7.11 Å². The third kappa shape index (κ3) is 4.33. The first-order valence-corrected chi connectivity index (χ1v) is 8.67. The number of anilines is 1. The van der Waals surface area contributed by atoms with Crippen LogP contribution in [-0.2, 0) is 10.0 Å². The second-order valence-electron chi connectivity index (χ2n) is 5.21. The summed E-state index contributed by atoms with van der Waals surface area (Å²) in [6, 6.07) is 4.60. The fourth-order valence-corrected chi connectivity index (χ4v) is 3.77. The summed E-state index contributed by atoms with van der Waals surface area (Å²) in [6.07, 6.45) is 3.28. The number of nitrogens with zero attached hydrogens (tertiary/aromatic N) is 1. The average Bonchev–Trinajstić information content (AvgIpc) is 2.97. The Morgan fingerprint density at radius 2 is 2.05 bits per heavy atom. The summed E-state index contributed by atoms with van der Waals surface area (Å²) in [4.78, 5) is 2.45. The normalized spacial score (nSPS) is 16.2. The topological polar surface area (TPSA) is 84.7 Å². The van der Waals surface area contributed by atoms with Crippen LogP contribution in [-0.4, -0.2) is 46.6 Å².